The average Bonchev–Trinajstić information content (AvgIpc) is 2.27. The highest BCUT2D eigenvalue weighted by Crippen LogP contribution is 2.15. The van der Waals surface area contributed by atoms with Gasteiger partial charge in [0.05, 0.1) is 12.7 Å². The Kier molecular flexibility index (Phi) is 5.33. The molecule has 2 nitrogen and oxygen atoms in total. The molecule has 0 amide bonds. The van der Waals surface area contributed by atoms with Gasteiger partial charge in [-0.25, -0.2) is 0 Å². The molecule has 0 aromatic heterocycles. The van der Waals surface area contributed by atoms with Gasteiger partial charge in [-0.1, -0.05) is 32.4 Å². The molecule has 0 fully saturated rings. The Morgan fingerprint density at radius 3 is 2.31 bits per heavy atom. The minimum absolute atomic E-state index is 0.285. The van der Waals surface area contributed by atoms with E-state index in [0.29, 0.717) is 12.3 Å². The van der Waals surface area contributed by atoms with Crippen LogP contribution in [0.4, 0.5) is 0 Å². The monoisotopic (exact) mass is 222 g/mol. The first kappa shape index (κ1) is 13.0. The molecule has 1 rings (SSSR count). The molecule has 0 aliphatic carbocycles. The number of ether oxygens (including phenoxy) is 1. The van der Waals surface area contributed by atoms with E-state index in [1.165, 1.54) is 0 Å². The van der Waals surface area contributed by atoms with Gasteiger partial charge in [-0.2, -0.15) is 0 Å². The SMILES string of the molecule is CCC(C)COc1ccc(CC(C)O)cc1. The van der Waals surface area contributed by atoms with Crippen molar-refractivity contribution in [3.63, 3.8) is 0 Å². The summed E-state index contributed by atoms with van der Waals surface area (Å²) in [4.78, 5) is 0. The Balaban J connectivity index is 2.45. The third-order valence-electron chi connectivity index (χ3n) is 2.69. The predicted octanol–water partition coefficient (Wildman–Crippen LogP) is 3.03. The maximum Gasteiger partial charge on any atom is 0.119 e. The molecule has 0 aliphatic heterocycles. The van der Waals surface area contributed by atoms with Crippen LogP contribution in [0.1, 0.15) is 32.8 Å². The topological polar surface area (TPSA) is 29.5 Å². The van der Waals surface area contributed by atoms with Gasteiger partial charge in [0, 0.05) is 0 Å². The van der Waals surface area contributed by atoms with Gasteiger partial charge in [-0.15, -0.1) is 0 Å². The highest BCUT2D eigenvalue weighted by Gasteiger charge is 2.02. The maximum atomic E-state index is 9.25. The zero-order chi connectivity index (χ0) is 12.0. The molecule has 2 atom stereocenters. The van der Waals surface area contributed by atoms with Crippen molar-refractivity contribution in [2.24, 2.45) is 5.92 Å². The molecular formula is C14H22O2. The fourth-order valence-corrected chi connectivity index (χ4v) is 1.42. The highest BCUT2D eigenvalue weighted by molar-refractivity contribution is 5.27. The average molecular weight is 222 g/mol. The summed E-state index contributed by atoms with van der Waals surface area (Å²) in [5.41, 5.74) is 1.14. The zero-order valence-electron chi connectivity index (χ0n) is 10.4. The molecule has 2 heteroatoms. The summed E-state index contributed by atoms with van der Waals surface area (Å²) in [6, 6.07) is 7.97. The van der Waals surface area contributed by atoms with Gasteiger partial charge in [0.2, 0.25) is 0 Å². The minimum atomic E-state index is -0.285. The van der Waals surface area contributed by atoms with Crippen LogP contribution in [0.15, 0.2) is 24.3 Å². The third-order valence-corrected chi connectivity index (χ3v) is 2.69. The van der Waals surface area contributed by atoms with Crippen LogP contribution >= 0.6 is 0 Å². The lowest BCUT2D eigenvalue weighted by Gasteiger charge is -2.11. The Hall–Kier alpha value is -1.02. The van der Waals surface area contributed by atoms with Crippen LogP contribution in [-0.2, 0) is 6.42 Å². The predicted molar refractivity (Wildman–Crippen MR) is 66.8 cm³/mol. The van der Waals surface area contributed by atoms with E-state index < -0.39 is 0 Å². The van der Waals surface area contributed by atoms with Gasteiger partial charge < -0.3 is 9.84 Å². The molecule has 0 spiro atoms. The van der Waals surface area contributed by atoms with Crippen LogP contribution < -0.4 is 4.74 Å². The summed E-state index contributed by atoms with van der Waals surface area (Å²) in [6.45, 7) is 6.92. The lowest BCUT2D eigenvalue weighted by molar-refractivity contribution is 0.195. The van der Waals surface area contributed by atoms with Crippen LogP contribution in [0.25, 0.3) is 0 Å². The molecule has 0 bridgehead atoms. The number of hydrogen-bond donors (Lipinski definition) is 1. The quantitative estimate of drug-likeness (QED) is 0.801. The number of hydrogen-bond acceptors (Lipinski definition) is 2. The molecule has 0 aliphatic rings. The zero-order valence-corrected chi connectivity index (χ0v) is 10.4. The van der Waals surface area contributed by atoms with Crippen molar-refractivity contribution in [2.75, 3.05) is 6.61 Å². The van der Waals surface area contributed by atoms with E-state index in [-0.39, 0.29) is 6.10 Å². The van der Waals surface area contributed by atoms with Gasteiger partial charge in [0.1, 0.15) is 5.75 Å². The van der Waals surface area contributed by atoms with Crippen LogP contribution in [0, 0.1) is 5.92 Å². The van der Waals surface area contributed by atoms with Crippen molar-refractivity contribution >= 4 is 0 Å². The molecule has 0 saturated carbocycles. The molecule has 1 aromatic rings. The van der Waals surface area contributed by atoms with Crippen LogP contribution in [-0.4, -0.2) is 17.8 Å². The van der Waals surface area contributed by atoms with Crippen molar-refractivity contribution < 1.29 is 9.84 Å². The molecule has 1 N–H and O–H groups in total. The molecular weight excluding hydrogens is 200 g/mol. The van der Waals surface area contributed by atoms with E-state index in [1.54, 1.807) is 6.92 Å². The summed E-state index contributed by atoms with van der Waals surface area (Å²) in [5.74, 6) is 1.51. The van der Waals surface area contributed by atoms with E-state index >= 15 is 0 Å². The molecule has 0 radical (unpaired) electrons. The van der Waals surface area contributed by atoms with Crippen molar-refractivity contribution in [3.05, 3.63) is 29.8 Å². The standard InChI is InChI=1S/C14H22O2/c1-4-11(2)10-16-14-7-5-13(6-8-14)9-12(3)15/h5-8,11-12,15H,4,9-10H2,1-3H3. The maximum absolute atomic E-state index is 9.25. The summed E-state index contributed by atoms with van der Waals surface area (Å²) in [6.07, 6.45) is 1.55. The summed E-state index contributed by atoms with van der Waals surface area (Å²) < 4.78 is 5.66. The van der Waals surface area contributed by atoms with Crippen LogP contribution in [0.2, 0.25) is 0 Å². The first-order valence-corrected chi connectivity index (χ1v) is 6.01. The second-order valence-corrected chi connectivity index (χ2v) is 4.52. The van der Waals surface area contributed by atoms with E-state index in [0.717, 1.165) is 24.3 Å². The normalized spacial score (nSPS) is 14.5. The number of benzene rings is 1. The lowest BCUT2D eigenvalue weighted by atomic mass is 10.1. The highest BCUT2D eigenvalue weighted by atomic mass is 16.5. The number of aliphatic hydroxyl groups excluding tert-OH is 1. The summed E-state index contributed by atoms with van der Waals surface area (Å²) in [5, 5.41) is 9.25. The second-order valence-electron chi connectivity index (χ2n) is 4.52. The largest absolute Gasteiger partial charge is 0.493 e. The van der Waals surface area contributed by atoms with Crippen molar-refractivity contribution in [1.29, 1.82) is 0 Å². The van der Waals surface area contributed by atoms with Crippen LogP contribution in [0.5, 0.6) is 5.75 Å². The van der Waals surface area contributed by atoms with Crippen LogP contribution in [0.3, 0.4) is 0 Å². The smallest absolute Gasteiger partial charge is 0.119 e. The van der Waals surface area contributed by atoms with E-state index in [1.807, 2.05) is 24.3 Å². The van der Waals surface area contributed by atoms with E-state index in [2.05, 4.69) is 13.8 Å². The van der Waals surface area contributed by atoms with Crippen molar-refractivity contribution in [1.82, 2.24) is 0 Å². The molecule has 2 unspecified atom stereocenters. The van der Waals surface area contributed by atoms with Gasteiger partial charge in [0.25, 0.3) is 0 Å². The summed E-state index contributed by atoms with van der Waals surface area (Å²) in [7, 11) is 0. The van der Waals surface area contributed by atoms with Gasteiger partial charge >= 0.3 is 0 Å². The molecule has 0 saturated heterocycles. The number of aliphatic hydroxyl groups is 1. The Labute approximate surface area is 98.3 Å². The van der Waals surface area contributed by atoms with Gasteiger partial charge in [-0.3, -0.25) is 0 Å². The summed E-state index contributed by atoms with van der Waals surface area (Å²) >= 11 is 0. The fourth-order valence-electron chi connectivity index (χ4n) is 1.42. The van der Waals surface area contributed by atoms with E-state index in [4.69, 9.17) is 4.74 Å². The molecule has 1 aromatic carbocycles. The molecule has 0 heterocycles. The van der Waals surface area contributed by atoms with Crippen molar-refractivity contribution in [3.8, 4) is 5.75 Å². The first-order chi connectivity index (χ1) is 7.61. The van der Waals surface area contributed by atoms with E-state index in [9.17, 15) is 5.11 Å². The first-order valence-electron chi connectivity index (χ1n) is 6.01. The molecule has 16 heavy (non-hydrogen) atoms. The molecule has 90 valence electrons. The van der Waals surface area contributed by atoms with Gasteiger partial charge in [-0.05, 0) is 37.0 Å². The minimum Gasteiger partial charge on any atom is -0.493 e. The van der Waals surface area contributed by atoms with Gasteiger partial charge in [0.15, 0.2) is 0 Å². The Morgan fingerprint density at radius 1 is 1.19 bits per heavy atom. The second kappa shape index (κ2) is 6.54. The van der Waals surface area contributed by atoms with Crippen molar-refractivity contribution in [2.45, 2.75) is 39.7 Å². The Bertz CT molecular complexity index is 290. The number of rotatable bonds is 6. The lowest BCUT2D eigenvalue weighted by Crippen LogP contribution is -2.07. The third kappa shape index (κ3) is 4.67. The fraction of sp³-hybridized carbons (Fsp3) is 0.571. The Morgan fingerprint density at radius 2 is 1.81 bits per heavy atom.